The van der Waals surface area contributed by atoms with Gasteiger partial charge in [-0.3, -0.25) is 0 Å². The summed E-state index contributed by atoms with van der Waals surface area (Å²) in [4.78, 5) is 10.5. The maximum absolute atomic E-state index is 11.6. The van der Waals surface area contributed by atoms with Gasteiger partial charge in [0.25, 0.3) is 0 Å². The molecule has 6 nitrogen and oxygen atoms in total. The first kappa shape index (κ1) is 13.1. The third-order valence-electron chi connectivity index (χ3n) is 3.24. The molecule has 0 aliphatic carbocycles. The highest BCUT2D eigenvalue weighted by Gasteiger charge is 2.30. The minimum absolute atomic E-state index is 0.0537. The van der Waals surface area contributed by atoms with Crippen LogP contribution in [0.4, 0.5) is 11.6 Å². The zero-order valence-corrected chi connectivity index (χ0v) is 11.7. The molecule has 2 rings (SSSR count). The van der Waals surface area contributed by atoms with Crippen LogP contribution in [-0.2, 0) is 9.84 Å². The Morgan fingerprint density at radius 1 is 1.44 bits per heavy atom. The molecular weight excluding hydrogens is 252 g/mol. The van der Waals surface area contributed by atoms with Crippen LogP contribution in [-0.4, -0.2) is 49.5 Å². The second kappa shape index (κ2) is 4.72. The highest BCUT2D eigenvalue weighted by molar-refractivity contribution is 7.91. The molecule has 0 bridgehead atoms. The van der Waals surface area contributed by atoms with E-state index in [4.69, 9.17) is 0 Å². The summed E-state index contributed by atoms with van der Waals surface area (Å²) in [5.74, 6) is 1.97. The SMILES string of the molecule is CNc1ncnc(N2CCS(=O)(=O)CC2C)c1C. The zero-order chi connectivity index (χ0) is 13.3. The first-order valence-electron chi connectivity index (χ1n) is 5.91. The molecule has 1 aromatic rings. The van der Waals surface area contributed by atoms with Gasteiger partial charge in [0.05, 0.1) is 11.5 Å². The maximum atomic E-state index is 11.6. The van der Waals surface area contributed by atoms with Crippen LogP contribution in [0.3, 0.4) is 0 Å². The van der Waals surface area contributed by atoms with Gasteiger partial charge in [-0.1, -0.05) is 0 Å². The molecule has 0 aromatic carbocycles. The molecule has 0 spiro atoms. The van der Waals surface area contributed by atoms with E-state index in [1.807, 2.05) is 25.8 Å². The van der Waals surface area contributed by atoms with Crippen LogP contribution in [0.1, 0.15) is 12.5 Å². The van der Waals surface area contributed by atoms with Crippen LogP contribution >= 0.6 is 0 Å². The van der Waals surface area contributed by atoms with Crippen molar-refractivity contribution >= 4 is 21.5 Å². The van der Waals surface area contributed by atoms with E-state index in [1.165, 1.54) is 6.33 Å². The molecule has 2 heterocycles. The monoisotopic (exact) mass is 270 g/mol. The molecule has 0 radical (unpaired) electrons. The normalized spacial score (nSPS) is 22.8. The minimum Gasteiger partial charge on any atom is -0.373 e. The quantitative estimate of drug-likeness (QED) is 0.841. The summed E-state index contributed by atoms with van der Waals surface area (Å²) in [5.41, 5.74) is 0.950. The van der Waals surface area contributed by atoms with Gasteiger partial charge in [-0.25, -0.2) is 18.4 Å². The molecule has 7 heteroatoms. The lowest BCUT2D eigenvalue weighted by Gasteiger charge is -2.35. The Bertz CT molecular complexity index is 544. The van der Waals surface area contributed by atoms with Crippen LogP contribution in [0.25, 0.3) is 0 Å². The molecular formula is C11H18N4O2S. The molecule has 1 aromatic heterocycles. The lowest BCUT2D eigenvalue weighted by atomic mass is 10.2. The van der Waals surface area contributed by atoms with E-state index < -0.39 is 9.84 Å². The number of anilines is 2. The zero-order valence-electron chi connectivity index (χ0n) is 10.8. The van der Waals surface area contributed by atoms with Crippen molar-refractivity contribution in [3.63, 3.8) is 0 Å². The van der Waals surface area contributed by atoms with E-state index in [0.717, 1.165) is 17.2 Å². The minimum atomic E-state index is -2.90. The van der Waals surface area contributed by atoms with Crippen LogP contribution in [0, 0.1) is 6.92 Å². The van der Waals surface area contributed by atoms with Crippen molar-refractivity contribution in [3.8, 4) is 0 Å². The van der Waals surface area contributed by atoms with Crippen molar-refractivity contribution < 1.29 is 8.42 Å². The van der Waals surface area contributed by atoms with E-state index in [0.29, 0.717) is 6.54 Å². The van der Waals surface area contributed by atoms with Crippen LogP contribution < -0.4 is 10.2 Å². The van der Waals surface area contributed by atoms with Gasteiger partial charge < -0.3 is 10.2 Å². The Hall–Kier alpha value is -1.37. The third kappa shape index (κ3) is 2.40. The summed E-state index contributed by atoms with van der Waals surface area (Å²) in [6.07, 6.45) is 1.50. The molecule has 1 saturated heterocycles. The molecule has 18 heavy (non-hydrogen) atoms. The van der Waals surface area contributed by atoms with Gasteiger partial charge in [-0.15, -0.1) is 0 Å². The van der Waals surface area contributed by atoms with Crippen LogP contribution in [0.2, 0.25) is 0 Å². The van der Waals surface area contributed by atoms with E-state index >= 15 is 0 Å². The Labute approximate surface area is 107 Å². The second-order valence-electron chi connectivity index (χ2n) is 4.58. The van der Waals surface area contributed by atoms with Gasteiger partial charge in [0.1, 0.15) is 18.0 Å². The fraction of sp³-hybridized carbons (Fsp3) is 0.636. The molecule has 1 unspecified atom stereocenters. The van der Waals surface area contributed by atoms with Gasteiger partial charge in [0, 0.05) is 25.2 Å². The first-order chi connectivity index (χ1) is 8.44. The Kier molecular flexibility index (Phi) is 3.43. The molecule has 1 aliphatic heterocycles. The lowest BCUT2D eigenvalue weighted by molar-refractivity contribution is 0.566. The summed E-state index contributed by atoms with van der Waals surface area (Å²) >= 11 is 0. The van der Waals surface area contributed by atoms with Gasteiger partial charge in [0.15, 0.2) is 9.84 Å². The average Bonchev–Trinajstić information content (AvgIpc) is 2.29. The molecule has 1 aliphatic rings. The summed E-state index contributed by atoms with van der Waals surface area (Å²) in [6.45, 7) is 4.35. The number of sulfone groups is 1. The molecule has 1 fully saturated rings. The summed E-state index contributed by atoms with van der Waals surface area (Å²) in [6, 6.07) is -0.0537. The summed E-state index contributed by atoms with van der Waals surface area (Å²) < 4.78 is 23.1. The van der Waals surface area contributed by atoms with Crippen LogP contribution in [0.15, 0.2) is 6.33 Å². The largest absolute Gasteiger partial charge is 0.373 e. The highest BCUT2D eigenvalue weighted by atomic mass is 32.2. The van der Waals surface area contributed by atoms with Crippen molar-refractivity contribution in [1.29, 1.82) is 0 Å². The Morgan fingerprint density at radius 2 is 2.17 bits per heavy atom. The number of rotatable bonds is 2. The van der Waals surface area contributed by atoms with Gasteiger partial charge in [-0.2, -0.15) is 0 Å². The van der Waals surface area contributed by atoms with E-state index in [-0.39, 0.29) is 17.5 Å². The lowest BCUT2D eigenvalue weighted by Crippen LogP contribution is -2.47. The van der Waals surface area contributed by atoms with Gasteiger partial charge in [0.2, 0.25) is 0 Å². The number of aromatic nitrogens is 2. The van der Waals surface area contributed by atoms with E-state index in [9.17, 15) is 8.42 Å². The number of nitrogens with one attached hydrogen (secondary N) is 1. The van der Waals surface area contributed by atoms with Crippen LogP contribution in [0.5, 0.6) is 0 Å². The molecule has 0 saturated carbocycles. The number of hydrogen-bond acceptors (Lipinski definition) is 6. The van der Waals surface area contributed by atoms with E-state index in [2.05, 4.69) is 15.3 Å². The fourth-order valence-corrected chi connectivity index (χ4v) is 3.85. The first-order valence-corrected chi connectivity index (χ1v) is 7.73. The second-order valence-corrected chi connectivity index (χ2v) is 6.81. The van der Waals surface area contributed by atoms with Gasteiger partial charge in [-0.05, 0) is 13.8 Å². The topological polar surface area (TPSA) is 75.2 Å². The van der Waals surface area contributed by atoms with Crippen molar-refractivity contribution in [3.05, 3.63) is 11.9 Å². The average molecular weight is 270 g/mol. The van der Waals surface area contributed by atoms with Gasteiger partial charge >= 0.3 is 0 Å². The predicted octanol–water partition coefficient (Wildman–Crippen LogP) is 0.450. The molecule has 100 valence electrons. The van der Waals surface area contributed by atoms with E-state index in [1.54, 1.807) is 0 Å². The number of hydrogen-bond donors (Lipinski definition) is 1. The van der Waals surface area contributed by atoms with Crippen molar-refractivity contribution in [2.75, 3.05) is 35.3 Å². The molecule has 1 N–H and O–H groups in total. The molecule has 0 amide bonds. The maximum Gasteiger partial charge on any atom is 0.154 e. The van der Waals surface area contributed by atoms with Crippen molar-refractivity contribution in [2.24, 2.45) is 0 Å². The summed E-state index contributed by atoms with van der Waals surface area (Å²) in [7, 11) is -1.09. The standard InChI is InChI=1S/C11H18N4O2S/c1-8-6-18(16,17)5-4-15(8)11-9(2)10(12-3)13-7-14-11/h7-8H,4-6H2,1-3H3,(H,12,13,14). The summed E-state index contributed by atoms with van der Waals surface area (Å²) in [5, 5.41) is 3.01. The Balaban J connectivity index is 2.33. The smallest absolute Gasteiger partial charge is 0.154 e. The fourth-order valence-electron chi connectivity index (χ4n) is 2.30. The third-order valence-corrected chi connectivity index (χ3v) is 5.03. The van der Waals surface area contributed by atoms with Crippen molar-refractivity contribution in [2.45, 2.75) is 19.9 Å². The predicted molar refractivity (Wildman–Crippen MR) is 71.8 cm³/mol. The molecule has 1 atom stereocenters. The Morgan fingerprint density at radius 3 is 2.78 bits per heavy atom. The highest BCUT2D eigenvalue weighted by Crippen LogP contribution is 2.25. The number of nitrogens with zero attached hydrogens (tertiary/aromatic N) is 3. The van der Waals surface area contributed by atoms with Crippen molar-refractivity contribution in [1.82, 2.24) is 9.97 Å².